The van der Waals surface area contributed by atoms with E-state index in [0.29, 0.717) is 11.5 Å². The second-order valence-corrected chi connectivity index (χ2v) is 8.41. The van der Waals surface area contributed by atoms with Crippen LogP contribution in [0.15, 0.2) is 10.3 Å². The molecule has 1 saturated carbocycles. The molecule has 5 nitrogen and oxygen atoms in total. The van der Waals surface area contributed by atoms with Gasteiger partial charge in [-0.05, 0) is 36.1 Å². The molecule has 0 spiro atoms. The van der Waals surface area contributed by atoms with E-state index < -0.39 is 16.0 Å². The SMILES string of the molecule is Cc1csc(C(=O)O)c1S(=O)(=O)NC1CCCC(C)C1C. The summed E-state index contributed by atoms with van der Waals surface area (Å²) in [7, 11) is -3.80. The molecule has 3 unspecified atom stereocenters. The average molecular weight is 331 g/mol. The van der Waals surface area contributed by atoms with Crippen LogP contribution >= 0.6 is 11.3 Å². The van der Waals surface area contributed by atoms with Crippen LogP contribution in [-0.2, 0) is 10.0 Å². The van der Waals surface area contributed by atoms with E-state index in [2.05, 4.69) is 18.6 Å². The Hall–Kier alpha value is -0.920. The zero-order valence-corrected chi connectivity index (χ0v) is 14.1. The van der Waals surface area contributed by atoms with Gasteiger partial charge in [0.2, 0.25) is 10.0 Å². The zero-order chi connectivity index (χ0) is 15.8. The molecule has 0 amide bonds. The molecule has 1 fully saturated rings. The normalized spacial score (nSPS) is 26.7. The van der Waals surface area contributed by atoms with E-state index in [4.69, 9.17) is 5.11 Å². The van der Waals surface area contributed by atoms with Crippen LogP contribution < -0.4 is 4.72 Å². The van der Waals surface area contributed by atoms with E-state index >= 15 is 0 Å². The van der Waals surface area contributed by atoms with Gasteiger partial charge in [-0.15, -0.1) is 11.3 Å². The maximum absolute atomic E-state index is 12.6. The van der Waals surface area contributed by atoms with Crippen molar-refractivity contribution in [1.29, 1.82) is 0 Å². The molecule has 1 heterocycles. The number of nitrogens with one attached hydrogen (secondary N) is 1. The van der Waals surface area contributed by atoms with E-state index in [1.807, 2.05) is 0 Å². The predicted molar refractivity (Wildman–Crippen MR) is 82.3 cm³/mol. The highest BCUT2D eigenvalue weighted by Gasteiger charge is 2.33. The lowest BCUT2D eigenvalue weighted by atomic mass is 9.78. The Morgan fingerprint density at radius 3 is 2.67 bits per heavy atom. The Labute approximate surface area is 129 Å². The fourth-order valence-electron chi connectivity index (χ4n) is 2.92. The monoisotopic (exact) mass is 331 g/mol. The highest BCUT2D eigenvalue weighted by molar-refractivity contribution is 7.89. The number of thiophene rings is 1. The number of sulfonamides is 1. The molecule has 1 aliphatic carbocycles. The summed E-state index contributed by atoms with van der Waals surface area (Å²) in [5.74, 6) is -0.478. The third-order valence-electron chi connectivity index (χ3n) is 4.39. The highest BCUT2D eigenvalue weighted by atomic mass is 32.2. The molecule has 2 rings (SSSR count). The van der Waals surface area contributed by atoms with E-state index in [1.165, 1.54) is 0 Å². The highest BCUT2D eigenvalue weighted by Crippen LogP contribution is 2.32. The van der Waals surface area contributed by atoms with Gasteiger partial charge in [0.25, 0.3) is 0 Å². The number of aromatic carboxylic acids is 1. The van der Waals surface area contributed by atoms with Crippen molar-refractivity contribution >= 4 is 27.3 Å². The lowest BCUT2D eigenvalue weighted by Crippen LogP contribution is -2.43. The van der Waals surface area contributed by atoms with Gasteiger partial charge in [-0.1, -0.05) is 26.7 Å². The molecule has 3 atom stereocenters. The van der Waals surface area contributed by atoms with Crippen LogP contribution in [0.2, 0.25) is 0 Å². The van der Waals surface area contributed by atoms with Gasteiger partial charge in [0.1, 0.15) is 9.77 Å². The number of aryl methyl sites for hydroxylation is 1. The number of hydrogen-bond acceptors (Lipinski definition) is 4. The summed E-state index contributed by atoms with van der Waals surface area (Å²) >= 11 is 0.956. The van der Waals surface area contributed by atoms with Crippen molar-refractivity contribution in [2.45, 2.75) is 51.0 Å². The van der Waals surface area contributed by atoms with E-state index in [1.54, 1.807) is 12.3 Å². The zero-order valence-electron chi connectivity index (χ0n) is 12.4. The molecule has 1 aliphatic rings. The molecule has 0 aromatic carbocycles. The average Bonchev–Trinajstić information content (AvgIpc) is 2.78. The minimum atomic E-state index is -3.80. The van der Waals surface area contributed by atoms with Crippen LogP contribution in [0.3, 0.4) is 0 Å². The lowest BCUT2D eigenvalue weighted by Gasteiger charge is -2.34. The van der Waals surface area contributed by atoms with E-state index in [9.17, 15) is 13.2 Å². The molecule has 0 radical (unpaired) electrons. The summed E-state index contributed by atoms with van der Waals surface area (Å²) in [5.41, 5.74) is 0.487. The summed E-state index contributed by atoms with van der Waals surface area (Å²) in [5, 5.41) is 10.7. The van der Waals surface area contributed by atoms with Crippen LogP contribution in [0, 0.1) is 18.8 Å². The number of rotatable bonds is 4. The fourth-order valence-corrected chi connectivity index (χ4v) is 5.91. The molecule has 21 heavy (non-hydrogen) atoms. The standard InChI is InChI=1S/C14H21NO4S2/c1-8-5-4-6-11(10(8)3)15-21(18,19)13-9(2)7-20-12(13)14(16)17/h7-8,10-11,15H,4-6H2,1-3H3,(H,16,17). The third kappa shape index (κ3) is 3.30. The van der Waals surface area contributed by atoms with E-state index in [0.717, 1.165) is 30.6 Å². The molecule has 0 aliphatic heterocycles. The van der Waals surface area contributed by atoms with E-state index in [-0.39, 0.29) is 21.7 Å². The van der Waals surface area contributed by atoms with Crippen molar-refractivity contribution in [2.75, 3.05) is 0 Å². The Balaban J connectivity index is 2.31. The summed E-state index contributed by atoms with van der Waals surface area (Å²) in [6, 6.07) is -0.125. The van der Waals surface area contributed by atoms with Crippen LogP contribution in [0.1, 0.15) is 48.3 Å². The quantitative estimate of drug-likeness (QED) is 0.888. The first-order valence-electron chi connectivity index (χ1n) is 7.07. The van der Waals surface area contributed by atoms with Gasteiger partial charge >= 0.3 is 5.97 Å². The van der Waals surface area contributed by atoms with Crippen molar-refractivity contribution in [3.8, 4) is 0 Å². The van der Waals surface area contributed by atoms with Gasteiger partial charge in [-0.25, -0.2) is 17.9 Å². The van der Waals surface area contributed by atoms with Gasteiger partial charge in [-0.3, -0.25) is 0 Å². The topological polar surface area (TPSA) is 83.5 Å². The van der Waals surface area contributed by atoms with Crippen LogP contribution in [0.25, 0.3) is 0 Å². The summed E-state index contributed by atoms with van der Waals surface area (Å²) < 4.78 is 27.9. The number of carbonyl (C=O) groups is 1. The Bertz CT molecular complexity index is 635. The van der Waals surface area contributed by atoms with Gasteiger partial charge in [0, 0.05) is 6.04 Å². The molecule has 1 aromatic rings. The van der Waals surface area contributed by atoms with Gasteiger partial charge in [0.05, 0.1) is 0 Å². The van der Waals surface area contributed by atoms with Crippen molar-refractivity contribution in [3.63, 3.8) is 0 Å². The first kappa shape index (κ1) is 16.5. The smallest absolute Gasteiger partial charge is 0.347 e. The van der Waals surface area contributed by atoms with Crippen LogP contribution in [-0.4, -0.2) is 25.5 Å². The molecule has 2 N–H and O–H groups in total. The second-order valence-electron chi connectivity index (χ2n) is 5.88. The summed E-state index contributed by atoms with van der Waals surface area (Å²) in [6.07, 6.45) is 2.90. The van der Waals surface area contributed by atoms with Crippen molar-refractivity contribution in [1.82, 2.24) is 4.72 Å². The predicted octanol–water partition coefficient (Wildman–Crippen LogP) is 2.86. The maximum atomic E-state index is 12.6. The van der Waals surface area contributed by atoms with Crippen molar-refractivity contribution in [2.24, 2.45) is 11.8 Å². The van der Waals surface area contributed by atoms with Gasteiger partial charge < -0.3 is 5.11 Å². The lowest BCUT2D eigenvalue weighted by molar-refractivity contribution is 0.0698. The largest absolute Gasteiger partial charge is 0.477 e. The first-order valence-corrected chi connectivity index (χ1v) is 9.44. The molecule has 1 aromatic heterocycles. The molecule has 0 bridgehead atoms. The Morgan fingerprint density at radius 2 is 2.05 bits per heavy atom. The number of hydrogen-bond donors (Lipinski definition) is 2. The Kier molecular flexibility index (Phi) is 4.75. The molecule has 118 valence electrons. The van der Waals surface area contributed by atoms with Crippen molar-refractivity contribution in [3.05, 3.63) is 15.8 Å². The van der Waals surface area contributed by atoms with Gasteiger partial charge in [-0.2, -0.15) is 0 Å². The maximum Gasteiger partial charge on any atom is 0.347 e. The summed E-state index contributed by atoms with van der Waals surface area (Å²) in [4.78, 5) is 11.0. The third-order valence-corrected chi connectivity index (χ3v) is 7.29. The minimum Gasteiger partial charge on any atom is -0.477 e. The first-order chi connectivity index (χ1) is 9.74. The van der Waals surface area contributed by atoms with Crippen LogP contribution in [0.4, 0.5) is 0 Å². The molecular weight excluding hydrogens is 310 g/mol. The molecule has 7 heteroatoms. The summed E-state index contributed by atoms with van der Waals surface area (Å²) in [6.45, 7) is 5.81. The molecular formula is C14H21NO4S2. The number of carboxylic acids is 1. The Morgan fingerprint density at radius 1 is 1.38 bits per heavy atom. The van der Waals surface area contributed by atoms with Gasteiger partial charge in [0.15, 0.2) is 0 Å². The van der Waals surface area contributed by atoms with Crippen LogP contribution in [0.5, 0.6) is 0 Å². The second kappa shape index (κ2) is 6.06. The minimum absolute atomic E-state index is 0.0783. The molecule has 0 saturated heterocycles. The number of carboxylic acid groups (broad SMARTS) is 1. The van der Waals surface area contributed by atoms with Crippen molar-refractivity contribution < 1.29 is 18.3 Å². The fraction of sp³-hybridized carbons (Fsp3) is 0.643.